The quantitative estimate of drug-likeness (QED) is 0.808. The second-order valence-corrected chi connectivity index (χ2v) is 6.77. The summed E-state index contributed by atoms with van der Waals surface area (Å²) >= 11 is 1.01. The van der Waals surface area contributed by atoms with E-state index < -0.39 is 11.2 Å². The van der Waals surface area contributed by atoms with Crippen molar-refractivity contribution in [2.24, 2.45) is 14.1 Å². The molecule has 2 aromatic heterocycles. The van der Waals surface area contributed by atoms with Gasteiger partial charge in [-0.3, -0.25) is 19.0 Å². The van der Waals surface area contributed by atoms with Crippen LogP contribution in [0.25, 0.3) is 0 Å². The molecular weight excluding hydrogens is 304 g/mol. The van der Waals surface area contributed by atoms with Crippen LogP contribution < -0.4 is 11.2 Å². The number of aromatic nitrogens is 5. The van der Waals surface area contributed by atoms with Gasteiger partial charge in [0.15, 0.2) is 0 Å². The maximum absolute atomic E-state index is 12.0. The maximum atomic E-state index is 12.0. The van der Waals surface area contributed by atoms with E-state index in [0.29, 0.717) is 11.0 Å². The minimum absolute atomic E-state index is 0.100. The number of nitriles is 1. The lowest BCUT2D eigenvalue weighted by atomic mass is 9.96. The highest BCUT2D eigenvalue weighted by molar-refractivity contribution is 7.99. The van der Waals surface area contributed by atoms with Crippen LogP contribution in [0.1, 0.15) is 32.2 Å². The van der Waals surface area contributed by atoms with Gasteiger partial charge in [0.1, 0.15) is 22.5 Å². The van der Waals surface area contributed by atoms with E-state index in [1.165, 1.54) is 18.7 Å². The number of hydrogen-bond donors (Lipinski definition) is 1. The monoisotopic (exact) mass is 320 g/mol. The molecule has 9 heteroatoms. The molecule has 0 bridgehead atoms. The molecule has 116 valence electrons. The first-order valence-corrected chi connectivity index (χ1v) is 7.29. The van der Waals surface area contributed by atoms with Crippen molar-refractivity contribution in [3.8, 4) is 6.07 Å². The first-order chi connectivity index (χ1) is 10.2. The number of nitrogens with zero attached hydrogens (tertiary/aromatic N) is 5. The van der Waals surface area contributed by atoms with Gasteiger partial charge in [0, 0.05) is 19.5 Å². The van der Waals surface area contributed by atoms with Gasteiger partial charge in [-0.2, -0.15) is 5.26 Å². The number of hydrogen-bond acceptors (Lipinski definition) is 6. The van der Waals surface area contributed by atoms with Crippen LogP contribution in [-0.2, 0) is 19.5 Å². The summed E-state index contributed by atoms with van der Waals surface area (Å²) in [6.45, 7) is 5.95. The van der Waals surface area contributed by atoms with Gasteiger partial charge < -0.3 is 0 Å². The molecule has 0 fully saturated rings. The van der Waals surface area contributed by atoms with Crippen molar-refractivity contribution in [1.29, 1.82) is 5.26 Å². The van der Waals surface area contributed by atoms with Crippen molar-refractivity contribution in [2.75, 3.05) is 0 Å². The van der Waals surface area contributed by atoms with Crippen LogP contribution in [0.3, 0.4) is 0 Å². The molecule has 22 heavy (non-hydrogen) atoms. The predicted octanol–water partition coefficient (Wildman–Crippen LogP) is 0.522. The van der Waals surface area contributed by atoms with E-state index in [2.05, 4.69) is 15.2 Å². The lowest BCUT2D eigenvalue weighted by Crippen LogP contribution is -2.39. The van der Waals surface area contributed by atoms with Gasteiger partial charge in [0.05, 0.1) is 0 Å². The Kier molecular flexibility index (Phi) is 3.98. The Morgan fingerprint density at radius 2 is 1.86 bits per heavy atom. The SMILES string of the molecule is Cn1c(Sc2n[nH]c(C(C)(C)C)n2)c(C#N)c(=O)n(C)c1=O. The van der Waals surface area contributed by atoms with Gasteiger partial charge in [-0.1, -0.05) is 20.8 Å². The predicted molar refractivity (Wildman–Crippen MR) is 80.8 cm³/mol. The van der Waals surface area contributed by atoms with E-state index in [0.717, 1.165) is 16.3 Å². The minimum atomic E-state index is -0.625. The lowest BCUT2D eigenvalue weighted by molar-refractivity contribution is 0.547. The van der Waals surface area contributed by atoms with Crippen molar-refractivity contribution < 1.29 is 0 Å². The maximum Gasteiger partial charge on any atom is 0.331 e. The summed E-state index contributed by atoms with van der Waals surface area (Å²) < 4.78 is 2.15. The second-order valence-electron chi connectivity index (χ2n) is 5.82. The van der Waals surface area contributed by atoms with Crippen molar-refractivity contribution in [1.82, 2.24) is 24.3 Å². The highest BCUT2D eigenvalue weighted by Gasteiger charge is 2.22. The molecule has 0 aliphatic carbocycles. The second kappa shape index (κ2) is 5.46. The first kappa shape index (κ1) is 16.0. The summed E-state index contributed by atoms with van der Waals surface area (Å²) in [6, 6.07) is 1.85. The third-order valence-electron chi connectivity index (χ3n) is 3.09. The van der Waals surface area contributed by atoms with Crippen molar-refractivity contribution in [3.63, 3.8) is 0 Å². The Morgan fingerprint density at radius 3 is 2.36 bits per heavy atom. The molecule has 0 amide bonds. The van der Waals surface area contributed by atoms with Crippen LogP contribution in [0.4, 0.5) is 0 Å². The van der Waals surface area contributed by atoms with Gasteiger partial charge in [0.25, 0.3) is 5.56 Å². The molecule has 2 heterocycles. The molecule has 2 rings (SSSR count). The number of H-pyrrole nitrogens is 1. The van der Waals surface area contributed by atoms with E-state index in [1.807, 2.05) is 26.8 Å². The lowest BCUT2D eigenvalue weighted by Gasteiger charge is -2.13. The topological polar surface area (TPSA) is 109 Å². The van der Waals surface area contributed by atoms with Gasteiger partial charge in [-0.15, -0.1) is 5.10 Å². The van der Waals surface area contributed by atoms with E-state index >= 15 is 0 Å². The van der Waals surface area contributed by atoms with Crippen molar-refractivity contribution >= 4 is 11.8 Å². The molecule has 0 aliphatic rings. The Bertz CT molecular complexity index is 878. The van der Waals surface area contributed by atoms with E-state index in [1.54, 1.807) is 0 Å². The molecule has 0 radical (unpaired) electrons. The fraction of sp³-hybridized carbons (Fsp3) is 0.462. The van der Waals surface area contributed by atoms with Gasteiger partial charge in [-0.25, -0.2) is 9.78 Å². The largest absolute Gasteiger partial charge is 0.331 e. The molecule has 0 spiro atoms. The Hall–Kier alpha value is -2.34. The first-order valence-electron chi connectivity index (χ1n) is 6.47. The molecule has 0 unspecified atom stereocenters. The number of nitrogens with one attached hydrogen (secondary N) is 1. The van der Waals surface area contributed by atoms with Crippen LogP contribution in [-0.4, -0.2) is 24.3 Å². The highest BCUT2D eigenvalue weighted by atomic mass is 32.2. The number of rotatable bonds is 2. The fourth-order valence-electron chi connectivity index (χ4n) is 1.75. The number of aromatic amines is 1. The zero-order valence-electron chi connectivity index (χ0n) is 13.0. The summed E-state index contributed by atoms with van der Waals surface area (Å²) in [7, 11) is 2.84. The van der Waals surface area contributed by atoms with Gasteiger partial charge in [-0.05, 0) is 11.8 Å². The average molecular weight is 320 g/mol. The zero-order chi connectivity index (χ0) is 16.7. The van der Waals surface area contributed by atoms with Crippen molar-refractivity contribution in [3.05, 3.63) is 32.2 Å². The fourth-order valence-corrected chi connectivity index (χ4v) is 2.61. The van der Waals surface area contributed by atoms with E-state index in [9.17, 15) is 14.9 Å². The van der Waals surface area contributed by atoms with E-state index in [-0.39, 0.29) is 16.0 Å². The van der Waals surface area contributed by atoms with Crippen LogP contribution in [0.5, 0.6) is 0 Å². The third-order valence-corrected chi connectivity index (χ3v) is 4.12. The zero-order valence-corrected chi connectivity index (χ0v) is 13.8. The molecule has 0 atom stereocenters. The summed E-state index contributed by atoms with van der Waals surface area (Å²) in [4.78, 5) is 28.3. The summed E-state index contributed by atoms with van der Waals surface area (Å²) in [5, 5.41) is 16.7. The molecule has 1 N–H and O–H groups in total. The molecular formula is C13H16N6O2S. The van der Waals surface area contributed by atoms with Crippen LogP contribution in [0.2, 0.25) is 0 Å². The molecule has 8 nitrogen and oxygen atoms in total. The Balaban J connectivity index is 2.56. The average Bonchev–Trinajstić information content (AvgIpc) is 2.91. The van der Waals surface area contributed by atoms with Gasteiger partial charge >= 0.3 is 5.69 Å². The Morgan fingerprint density at radius 1 is 1.23 bits per heavy atom. The smallest absolute Gasteiger partial charge is 0.289 e. The molecule has 2 aromatic rings. The standard InChI is InChI=1S/C13H16N6O2S/c1-13(2,3)10-15-11(17-16-10)22-9-7(6-14)8(20)18(4)12(21)19(9)5/h1-5H3,(H,15,16,17). The molecule has 0 aromatic carbocycles. The van der Waals surface area contributed by atoms with Crippen LogP contribution in [0, 0.1) is 11.3 Å². The highest BCUT2D eigenvalue weighted by Crippen LogP contribution is 2.27. The summed E-state index contributed by atoms with van der Waals surface area (Å²) in [5.41, 5.74) is -1.43. The summed E-state index contributed by atoms with van der Waals surface area (Å²) in [5.74, 6) is 0.683. The van der Waals surface area contributed by atoms with Gasteiger partial charge in [0.2, 0.25) is 5.16 Å². The normalized spacial score (nSPS) is 11.5. The molecule has 0 aliphatic heterocycles. The summed E-state index contributed by atoms with van der Waals surface area (Å²) in [6.07, 6.45) is 0. The van der Waals surface area contributed by atoms with Crippen molar-refractivity contribution in [2.45, 2.75) is 36.4 Å². The van der Waals surface area contributed by atoms with E-state index in [4.69, 9.17) is 0 Å². The minimum Gasteiger partial charge on any atom is -0.289 e. The third kappa shape index (κ3) is 2.69. The van der Waals surface area contributed by atoms with Crippen LogP contribution >= 0.6 is 11.8 Å². The molecule has 0 saturated carbocycles. The Labute approximate surface area is 130 Å². The molecule has 0 saturated heterocycles. The van der Waals surface area contributed by atoms with Crippen LogP contribution in [0.15, 0.2) is 19.8 Å².